The maximum atomic E-state index is 12.7. The molecule has 0 spiro atoms. The molecular weight excluding hydrogens is 185 g/mol. The molecule has 14 heavy (non-hydrogen) atoms. The van der Waals surface area contributed by atoms with Crippen molar-refractivity contribution in [3.8, 4) is 5.75 Å². The Kier molecular flexibility index (Phi) is 3.91. The number of nitrogens with one attached hydrogen (secondary N) is 1. The zero-order chi connectivity index (χ0) is 10.4. The first-order chi connectivity index (χ1) is 6.68. The Bertz CT molecular complexity index is 315. The van der Waals surface area contributed by atoms with E-state index in [1.807, 2.05) is 0 Å². The van der Waals surface area contributed by atoms with Gasteiger partial charge in [0.05, 0.1) is 6.54 Å². The molecule has 76 valence electrons. The highest BCUT2D eigenvalue weighted by atomic mass is 19.1. The van der Waals surface area contributed by atoms with Crippen molar-refractivity contribution in [2.75, 3.05) is 13.2 Å². The molecule has 1 amide bonds. The lowest BCUT2D eigenvalue weighted by Crippen LogP contribution is -2.25. The standard InChI is InChI=1S/C10H12FNO2/c1-8(13)12-5-6-14-10-4-2-3-9(11)7-10/h2-4,7H,5-6H2,1H3,(H,12,13). The quantitative estimate of drug-likeness (QED) is 0.740. The van der Waals surface area contributed by atoms with Crippen LogP contribution in [-0.2, 0) is 4.79 Å². The lowest BCUT2D eigenvalue weighted by atomic mass is 10.3. The third kappa shape index (κ3) is 3.89. The van der Waals surface area contributed by atoms with E-state index in [0.717, 1.165) is 0 Å². The van der Waals surface area contributed by atoms with Gasteiger partial charge in [0.15, 0.2) is 0 Å². The normalized spacial score (nSPS) is 9.57. The number of amides is 1. The monoisotopic (exact) mass is 197 g/mol. The largest absolute Gasteiger partial charge is 0.492 e. The fraction of sp³-hybridized carbons (Fsp3) is 0.300. The van der Waals surface area contributed by atoms with Crippen molar-refractivity contribution in [2.24, 2.45) is 0 Å². The van der Waals surface area contributed by atoms with Crippen molar-refractivity contribution in [1.29, 1.82) is 0 Å². The summed E-state index contributed by atoms with van der Waals surface area (Å²) in [6.07, 6.45) is 0. The number of carbonyl (C=O) groups excluding carboxylic acids is 1. The molecule has 1 N–H and O–H groups in total. The molecule has 0 aromatic heterocycles. The first-order valence-electron chi connectivity index (χ1n) is 4.31. The highest BCUT2D eigenvalue weighted by Gasteiger charge is 1.95. The summed E-state index contributed by atoms with van der Waals surface area (Å²) in [7, 11) is 0. The van der Waals surface area contributed by atoms with Gasteiger partial charge in [0.25, 0.3) is 0 Å². The Balaban J connectivity index is 2.28. The Morgan fingerprint density at radius 2 is 2.36 bits per heavy atom. The minimum Gasteiger partial charge on any atom is -0.492 e. The Morgan fingerprint density at radius 1 is 1.57 bits per heavy atom. The Hall–Kier alpha value is -1.58. The average Bonchev–Trinajstić information content (AvgIpc) is 2.12. The second-order valence-corrected chi connectivity index (χ2v) is 2.79. The molecule has 0 aliphatic rings. The molecule has 3 nitrogen and oxygen atoms in total. The van der Waals surface area contributed by atoms with E-state index in [2.05, 4.69) is 5.32 Å². The maximum absolute atomic E-state index is 12.7. The van der Waals surface area contributed by atoms with Gasteiger partial charge in [0.2, 0.25) is 5.91 Å². The second-order valence-electron chi connectivity index (χ2n) is 2.79. The molecule has 1 rings (SSSR count). The van der Waals surface area contributed by atoms with Crippen LogP contribution in [0, 0.1) is 5.82 Å². The molecule has 1 aromatic rings. The topological polar surface area (TPSA) is 38.3 Å². The molecule has 0 aliphatic carbocycles. The number of hydrogen-bond donors (Lipinski definition) is 1. The van der Waals surface area contributed by atoms with Crippen molar-refractivity contribution < 1.29 is 13.9 Å². The van der Waals surface area contributed by atoms with Crippen molar-refractivity contribution in [3.63, 3.8) is 0 Å². The van der Waals surface area contributed by atoms with E-state index in [1.54, 1.807) is 12.1 Å². The molecule has 0 fully saturated rings. The summed E-state index contributed by atoms with van der Waals surface area (Å²) in [5.41, 5.74) is 0. The summed E-state index contributed by atoms with van der Waals surface area (Å²) in [5, 5.41) is 2.57. The first kappa shape index (κ1) is 10.5. The van der Waals surface area contributed by atoms with Gasteiger partial charge in [-0.25, -0.2) is 4.39 Å². The highest BCUT2D eigenvalue weighted by Crippen LogP contribution is 2.11. The summed E-state index contributed by atoms with van der Waals surface area (Å²) >= 11 is 0. The molecular formula is C10H12FNO2. The van der Waals surface area contributed by atoms with Gasteiger partial charge in [-0.3, -0.25) is 4.79 Å². The van der Waals surface area contributed by atoms with Gasteiger partial charge >= 0.3 is 0 Å². The van der Waals surface area contributed by atoms with E-state index in [0.29, 0.717) is 18.9 Å². The summed E-state index contributed by atoms with van der Waals surface area (Å²) in [6.45, 7) is 2.19. The van der Waals surface area contributed by atoms with E-state index in [4.69, 9.17) is 4.74 Å². The van der Waals surface area contributed by atoms with Gasteiger partial charge in [0, 0.05) is 13.0 Å². The van der Waals surface area contributed by atoms with Crippen LogP contribution in [0.2, 0.25) is 0 Å². The zero-order valence-electron chi connectivity index (χ0n) is 7.92. The third-order valence-electron chi connectivity index (χ3n) is 1.54. The maximum Gasteiger partial charge on any atom is 0.216 e. The molecule has 0 unspecified atom stereocenters. The summed E-state index contributed by atoms with van der Waals surface area (Å²) in [6, 6.07) is 5.88. The van der Waals surface area contributed by atoms with E-state index < -0.39 is 0 Å². The first-order valence-corrected chi connectivity index (χ1v) is 4.31. The lowest BCUT2D eigenvalue weighted by Gasteiger charge is -2.05. The fourth-order valence-corrected chi connectivity index (χ4v) is 0.953. The highest BCUT2D eigenvalue weighted by molar-refractivity contribution is 5.72. The molecule has 0 saturated carbocycles. The number of halogens is 1. The van der Waals surface area contributed by atoms with Crippen LogP contribution < -0.4 is 10.1 Å². The van der Waals surface area contributed by atoms with E-state index in [1.165, 1.54) is 19.1 Å². The van der Waals surface area contributed by atoms with Gasteiger partial charge in [-0.2, -0.15) is 0 Å². The minimum atomic E-state index is -0.331. The van der Waals surface area contributed by atoms with Crippen molar-refractivity contribution >= 4 is 5.91 Å². The molecule has 0 saturated heterocycles. The molecule has 0 radical (unpaired) electrons. The average molecular weight is 197 g/mol. The number of rotatable bonds is 4. The smallest absolute Gasteiger partial charge is 0.216 e. The van der Waals surface area contributed by atoms with Crippen molar-refractivity contribution in [3.05, 3.63) is 30.1 Å². The minimum absolute atomic E-state index is 0.104. The van der Waals surface area contributed by atoms with Crippen molar-refractivity contribution in [1.82, 2.24) is 5.32 Å². The van der Waals surface area contributed by atoms with Crippen LogP contribution in [0.4, 0.5) is 4.39 Å². The van der Waals surface area contributed by atoms with Gasteiger partial charge < -0.3 is 10.1 Å². The second kappa shape index (κ2) is 5.21. The summed E-state index contributed by atoms with van der Waals surface area (Å²) < 4.78 is 17.8. The third-order valence-corrected chi connectivity index (χ3v) is 1.54. The number of hydrogen-bond acceptors (Lipinski definition) is 2. The lowest BCUT2D eigenvalue weighted by molar-refractivity contribution is -0.119. The van der Waals surface area contributed by atoms with Crippen LogP contribution in [0.15, 0.2) is 24.3 Å². The van der Waals surface area contributed by atoms with E-state index in [9.17, 15) is 9.18 Å². The van der Waals surface area contributed by atoms with Crippen molar-refractivity contribution in [2.45, 2.75) is 6.92 Å². The van der Waals surface area contributed by atoms with Crippen LogP contribution in [-0.4, -0.2) is 19.1 Å². The Labute approximate surface area is 81.9 Å². The molecule has 0 aliphatic heterocycles. The Morgan fingerprint density at radius 3 is 3.00 bits per heavy atom. The molecule has 0 heterocycles. The number of carbonyl (C=O) groups is 1. The number of ether oxygens (including phenoxy) is 1. The van der Waals surface area contributed by atoms with Crippen LogP contribution in [0.5, 0.6) is 5.75 Å². The molecule has 0 atom stereocenters. The van der Waals surface area contributed by atoms with Gasteiger partial charge in [-0.15, -0.1) is 0 Å². The van der Waals surface area contributed by atoms with Crippen LogP contribution in [0.3, 0.4) is 0 Å². The predicted molar refractivity (Wildman–Crippen MR) is 50.6 cm³/mol. The summed E-state index contributed by atoms with van der Waals surface area (Å²) in [4.78, 5) is 10.5. The van der Waals surface area contributed by atoms with Crippen LogP contribution in [0.25, 0.3) is 0 Å². The molecule has 0 bridgehead atoms. The fourth-order valence-electron chi connectivity index (χ4n) is 0.953. The zero-order valence-corrected chi connectivity index (χ0v) is 7.92. The van der Waals surface area contributed by atoms with Gasteiger partial charge in [0.1, 0.15) is 18.2 Å². The molecule has 4 heteroatoms. The van der Waals surface area contributed by atoms with E-state index >= 15 is 0 Å². The SMILES string of the molecule is CC(=O)NCCOc1cccc(F)c1. The summed E-state index contributed by atoms with van der Waals surface area (Å²) in [5.74, 6) is 0.0326. The predicted octanol–water partition coefficient (Wildman–Crippen LogP) is 1.34. The number of benzene rings is 1. The van der Waals surface area contributed by atoms with Crippen LogP contribution in [0.1, 0.15) is 6.92 Å². The molecule has 1 aromatic carbocycles. The van der Waals surface area contributed by atoms with Gasteiger partial charge in [-0.05, 0) is 12.1 Å². The van der Waals surface area contributed by atoms with E-state index in [-0.39, 0.29) is 11.7 Å². The van der Waals surface area contributed by atoms with Crippen LogP contribution >= 0.6 is 0 Å². The van der Waals surface area contributed by atoms with Gasteiger partial charge in [-0.1, -0.05) is 6.07 Å².